The number of hydrogen-bond donors (Lipinski definition) is 1. The van der Waals surface area contributed by atoms with Gasteiger partial charge in [-0.1, -0.05) is 45.7 Å². The van der Waals surface area contributed by atoms with E-state index in [1.54, 1.807) is 0 Å². The lowest BCUT2D eigenvalue weighted by molar-refractivity contribution is 0.589. The highest BCUT2D eigenvalue weighted by molar-refractivity contribution is 9.10. The zero-order valence-corrected chi connectivity index (χ0v) is 13.4. The summed E-state index contributed by atoms with van der Waals surface area (Å²) in [5, 5.41) is 4.18. The Bertz CT molecular complexity index is 551. The van der Waals surface area contributed by atoms with Crippen LogP contribution >= 0.6 is 27.5 Å². The smallest absolute Gasteiger partial charge is 0.0408 e. The molecular weight excluding hydrogens is 322 g/mol. The summed E-state index contributed by atoms with van der Waals surface area (Å²) < 4.78 is 1.11. The molecule has 0 aliphatic rings. The van der Waals surface area contributed by atoms with Crippen molar-refractivity contribution in [1.82, 2.24) is 5.32 Å². The first-order chi connectivity index (χ1) is 9.10. The van der Waals surface area contributed by atoms with E-state index in [0.717, 1.165) is 15.9 Å². The molecule has 0 heterocycles. The van der Waals surface area contributed by atoms with Gasteiger partial charge in [-0.15, -0.1) is 0 Å². The second-order valence-electron chi connectivity index (χ2n) is 4.67. The maximum Gasteiger partial charge on any atom is 0.0408 e. The fourth-order valence-corrected chi connectivity index (χ4v) is 2.74. The van der Waals surface area contributed by atoms with E-state index in [-0.39, 0.29) is 0 Å². The van der Waals surface area contributed by atoms with Crippen LogP contribution < -0.4 is 5.32 Å². The van der Waals surface area contributed by atoms with Crippen LogP contribution in [0.4, 0.5) is 0 Å². The fourth-order valence-electron chi connectivity index (χ4n) is 2.25. The van der Waals surface area contributed by atoms with E-state index < -0.39 is 0 Å². The molecule has 2 aromatic carbocycles. The standard InChI is InChI=1S/C16H17BrClN/c1-11-9-14(18)7-8-15(11)16(19-2)10-12-3-5-13(17)6-4-12/h3-9,16,19H,10H2,1-2H3. The number of aryl methyl sites for hydroxylation is 1. The second-order valence-corrected chi connectivity index (χ2v) is 6.02. The fraction of sp³-hybridized carbons (Fsp3) is 0.250. The molecule has 0 aliphatic carbocycles. The van der Waals surface area contributed by atoms with Crippen LogP contribution in [0, 0.1) is 6.92 Å². The molecule has 0 fully saturated rings. The number of rotatable bonds is 4. The van der Waals surface area contributed by atoms with Crippen molar-refractivity contribution in [3.05, 3.63) is 68.7 Å². The Hall–Kier alpha value is -0.830. The molecule has 2 aromatic rings. The van der Waals surface area contributed by atoms with Crippen LogP contribution in [0.25, 0.3) is 0 Å². The number of hydrogen-bond acceptors (Lipinski definition) is 1. The minimum Gasteiger partial charge on any atom is -0.313 e. The van der Waals surface area contributed by atoms with Gasteiger partial charge >= 0.3 is 0 Å². The minimum atomic E-state index is 0.304. The van der Waals surface area contributed by atoms with Gasteiger partial charge in [-0.3, -0.25) is 0 Å². The molecule has 2 rings (SSSR count). The molecule has 3 heteroatoms. The Balaban J connectivity index is 2.22. The largest absolute Gasteiger partial charge is 0.313 e. The van der Waals surface area contributed by atoms with Gasteiger partial charge in [-0.2, -0.15) is 0 Å². The average molecular weight is 339 g/mol. The van der Waals surface area contributed by atoms with Crippen LogP contribution in [0.2, 0.25) is 5.02 Å². The summed E-state index contributed by atoms with van der Waals surface area (Å²) in [7, 11) is 2.00. The Morgan fingerprint density at radius 2 is 1.84 bits per heavy atom. The zero-order valence-electron chi connectivity index (χ0n) is 11.1. The monoisotopic (exact) mass is 337 g/mol. The van der Waals surface area contributed by atoms with Crippen molar-refractivity contribution in [3.63, 3.8) is 0 Å². The van der Waals surface area contributed by atoms with Gasteiger partial charge in [0.25, 0.3) is 0 Å². The number of likely N-dealkylation sites (N-methyl/N-ethyl adjacent to an activating group) is 1. The van der Waals surface area contributed by atoms with Crippen LogP contribution in [0.1, 0.15) is 22.7 Å². The quantitative estimate of drug-likeness (QED) is 0.835. The minimum absolute atomic E-state index is 0.304. The third-order valence-electron chi connectivity index (χ3n) is 3.31. The molecule has 0 radical (unpaired) electrons. The molecule has 19 heavy (non-hydrogen) atoms. The summed E-state index contributed by atoms with van der Waals surface area (Å²) in [5.74, 6) is 0. The van der Waals surface area contributed by atoms with Crippen molar-refractivity contribution in [2.24, 2.45) is 0 Å². The highest BCUT2D eigenvalue weighted by Gasteiger charge is 2.12. The first-order valence-electron chi connectivity index (χ1n) is 6.28. The van der Waals surface area contributed by atoms with Gasteiger partial charge in [0, 0.05) is 15.5 Å². The maximum atomic E-state index is 6.02. The molecule has 0 bridgehead atoms. The van der Waals surface area contributed by atoms with Crippen molar-refractivity contribution in [3.8, 4) is 0 Å². The predicted octanol–water partition coefficient (Wildman–Crippen LogP) is 4.91. The number of halogens is 2. The SMILES string of the molecule is CNC(Cc1ccc(Br)cc1)c1ccc(Cl)cc1C. The third kappa shape index (κ3) is 3.82. The summed E-state index contributed by atoms with van der Waals surface area (Å²) in [6.45, 7) is 2.10. The molecule has 0 saturated heterocycles. The molecule has 0 aliphatic heterocycles. The van der Waals surface area contributed by atoms with E-state index in [0.29, 0.717) is 6.04 Å². The number of nitrogens with one attached hydrogen (secondary N) is 1. The second kappa shape index (κ2) is 6.56. The van der Waals surface area contributed by atoms with Gasteiger partial charge in [0.2, 0.25) is 0 Å². The van der Waals surface area contributed by atoms with Crippen molar-refractivity contribution < 1.29 is 0 Å². The van der Waals surface area contributed by atoms with Gasteiger partial charge in [0.15, 0.2) is 0 Å². The Morgan fingerprint density at radius 1 is 1.16 bits per heavy atom. The molecule has 1 unspecified atom stereocenters. The predicted molar refractivity (Wildman–Crippen MR) is 85.8 cm³/mol. The van der Waals surface area contributed by atoms with E-state index in [9.17, 15) is 0 Å². The van der Waals surface area contributed by atoms with E-state index in [1.807, 2.05) is 19.2 Å². The van der Waals surface area contributed by atoms with Crippen molar-refractivity contribution >= 4 is 27.5 Å². The van der Waals surface area contributed by atoms with Crippen molar-refractivity contribution in [2.45, 2.75) is 19.4 Å². The first-order valence-corrected chi connectivity index (χ1v) is 7.45. The van der Waals surface area contributed by atoms with E-state index in [2.05, 4.69) is 58.5 Å². The molecule has 0 spiro atoms. The first kappa shape index (κ1) is 14.6. The normalized spacial score (nSPS) is 12.4. The lowest BCUT2D eigenvalue weighted by Gasteiger charge is -2.19. The number of benzene rings is 2. The van der Waals surface area contributed by atoms with E-state index >= 15 is 0 Å². The highest BCUT2D eigenvalue weighted by Crippen LogP contribution is 2.24. The van der Waals surface area contributed by atoms with Crippen LogP contribution in [0.5, 0.6) is 0 Å². The summed E-state index contributed by atoms with van der Waals surface area (Å²) in [5.41, 5.74) is 3.84. The third-order valence-corrected chi connectivity index (χ3v) is 4.07. The van der Waals surface area contributed by atoms with Gasteiger partial charge in [-0.05, 0) is 61.3 Å². The molecule has 1 N–H and O–H groups in total. The molecule has 100 valence electrons. The van der Waals surface area contributed by atoms with Crippen LogP contribution in [0.3, 0.4) is 0 Å². The molecule has 0 aromatic heterocycles. The van der Waals surface area contributed by atoms with Gasteiger partial charge in [0.05, 0.1) is 0 Å². The molecular formula is C16H17BrClN. The molecule has 0 saturated carbocycles. The van der Waals surface area contributed by atoms with E-state index in [1.165, 1.54) is 16.7 Å². The van der Waals surface area contributed by atoms with Crippen LogP contribution in [-0.2, 0) is 6.42 Å². The molecule has 1 atom stereocenters. The summed E-state index contributed by atoms with van der Waals surface area (Å²) >= 11 is 9.48. The van der Waals surface area contributed by atoms with Crippen molar-refractivity contribution in [2.75, 3.05) is 7.05 Å². The summed E-state index contributed by atoms with van der Waals surface area (Å²) in [6.07, 6.45) is 0.965. The zero-order chi connectivity index (χ0) is 13.8. The molecule has 0 amide bonds. The van der Waals surface area contributed by atoms with Gasteiger partial charge < -0.3 is 5.32 Å². The van der Waals surface area contributed by atoms with Crippen LogP contribution in [0.15, 0.2) is 46.9 Å². The lowest BCUT2D eigenvalue weighted by atomic mass is 9.95. The highest BCUT2D eigenvalue weighted by atomic mass is 79.9. The van der Waals surface area contributed by atoms with Gasteiger partial charge in [-0.25, -0.2) is 0 Å². The summed E-state index contributed by atoms with van der Waals surface area (Å²) in [6, 6.07) is 14.8. The van der Waals surface area contributed by atoms with E-state index in [4.69, 9.17) is 11.6 Å². The Morgan fingerprint density at radius 3 is 2.42 bits per heavy atom. The van der Waals surface area contributed by atoms with Crippen LogP contribution in [-0.4, -0.2) is 7.05 Å². The Labute approximate surface area is 128 Å². The van der Waals surface area contributed by atoms with Gasteiger partial charge in [0.1, 0.15) is 0 Å². The summed E-state index contributed by atoms with van der Waals surface area (Å²) in [4.78, 5) is 0. The maximum absolute atomic E-state index is 6.02. The molecule has 1 nitrogen and oxygen atoms in total. The average Bonchev–Trinajstić information content (AvgIpc) is 2.39. The Kier molecular flexibility index (Phi) is 5.03. The van der Waals surface area contributed by atoms with Crippen molar-refractivity contribution in [1.29, 1.82) is 0 Å². The topological polar surface area (TPSA) is 12.0 Å². The lowest BCUT2D eigenvalue weighted by Crippen LogP contribution is -2.19.